The van der Waals surface area contributed by atoms with Crippen molar-refractivity contribution < 1.29 is 4.79 Å². The van der Waals surface area contributed by atoms with Gasteiger partial charge in [-0.2, -0.15) is 0 Å². The lowest BCUT2D eigenvalue weighted by molar-refractivity contribution is -0.116. The average Bonchev–Trinajstić information content (AvgIpc) is 2.63. The van der Waals surface area contributed by atoms with Gasteiger partial charge in [0.05, 0.1) is 0 Å². The number of rotatable bonds is 5. The van der Waals surface area contributed by atoms with Gasteiger partial charge in [-0.15, -0.1) is 0 Å². The number of benzene rings is 3. The summed E-state index contributed by atoms with van der Waals surface area (Å²) in [6, 6.07) is 28.2. The first-order valence-corrected chi connectivity index (χ1v) is 8.23. The Bertz CT molecular complexity index is 796. The topological polar surface area (TPSA) is 29.1 Å². The van der Waals surface area contributed by atoms with Crippen LogP contribution in [0.4, 0.5) is 5.69 Å². The van der Waals surface area contributed by atoms with Crippen molar-refractivity contribution in [2.45, 2.75) is 19.3 Å². The van der Waals surface area contributed by atoms with Crippen molar-refractivity contribution in [3.05, 3.63) is 90.5 Å². The number of amides is 1. The van der Waals surface area contributed by atoms with Crippen LogP contribution < -0.4 is 5.32 Å². The summed E-state index contributed by atoms with van der Waals surface area (Å²) in [4.78, 5) is 12.5. The standard InChI is InChI=1S/C22H21NO/c1-17(18-10-4-2-5-11-18)16-22(24)23-21-15-9-8-14-20(21)19-12-6-3-7-13-19/h2-15,17H,16H2,1H3,(H,23,24)/t17-/m1/s1. The van der Waals surface area contributed by atoms with E-state index in [9.17, 15) is 4.79 Å². The number of carbonyl (C=O) groups is 1. The highest BCUT2D eigenvalue weighted by Gasteiger charge is 2.13. The second kappa shape index (κ2) is 7.60. The highest BCUT2D eigenvalue weighted by atomic mass is 16.1. The summed E-state index contributed by atoms with van der Waals surface area (Å²) in [5, 5.41) is 3.07. The molecule has 0 aromatic heterocycles. The Morgan fingerprint density at radius 3 is 2.12 bits per heavy atom. The Labute approximate surface area is 143 Å². The smallest absolute Gasteiger partial charge is 0.224 e. The molecule has 3 rings (SSSR count). The van der Waals surface area contributed by atoms with E-state index in [1.807, 2.05) is 60.7 Å². The normalized spacial score (nSPS) is 11.7. The van der Waals surface area contributed by atoms with Crippen molar-refractivity contribution in [1.29, 1.82) is 0 Å². The van der Waals surface area contributed by atoms with E-state index in [1.165, 1.54) is 5.56 Å². The number of hydrogen-bond acceptors (Lipinski definition) is 1. The van der Waals surface area contributed by atoms with Crippen molar-refractivity contribution in [3.8, 4) is 11.1 Å². The van der Waals surface area contributed by atoms with Crippen LogP contribution in [0.5, 0.6) is 0 Å². The Morgan fingerprint density at radius 2 is 1.42 bits per heavy atom. The zero-order valence-corrected chi connectivity index (χ0v) is 13.8. The molecule has 3 aromatic carbocycles. The van der Waals surface area contributed by atoms with E-state index in [-0.39, 0.29) is 11.8 Å². The Balaban J connectivity index is 1.74. The van der Waals surface area contributed by atoms with Gasteiger partial charge in [-0.3, -0.25) is 4.79 Å². The van der Waals surface area contributed by atoms with Crippen LogP contribution >= 0.6 is 0 Å². The van der Waals surface area contributed by atoms with E-state index in [4.69, 9.17) is 0 Å². The van der Waals surface area contributed by atoms with Gasteiger partial charge < -0.3 is 5.32 Å². The summed E-state index contributed by atoms with van der Waals surface area (Å²) in [7, 11) is 0. The van der Waals surface area contributed by atoms with Gasteiger partial charge in [0.2, 0.25) is 5.91 Å². The van der Waals surface area contributed by atoms with E-state index in [2.05, 4.69) is 36.5 Å². The molecule has 0 aliphatic rings. The molecular formula is C22H21NO. The first-order valence-electron chi connectivity index (χ1n) is 8.23. The van der Waals surface area contributed by atoms with Gasteiger partial charge in [0.15, 0.2) is 0 Å². The highest BCUT2D eigenvalue weighted by molar-refractivity contribution is 5.95. The molecule has 0 radical (unpaired) electrons. The second-order valence-corrected chi connectivity index (χ2v) is 5.98. The minimum absolute atomic E-state index is 0.0368. The quantitative estimate of drug-likeness (QED) is 0.663. The predicted molar refractivity (Wildman–Crippen MR) is 100.0 cm³/mol. The molecule has 1 N–H and O–H groups in total. The summed E-state index contributed by atoms with van der Waals surface area (Å²) in [5.74, 6) is 0.227. The SMILES string of the molecule is C[C@H](CC(=O)Nc1ccccc1-c1ccccc1)c1ccccc1. The fourth-order valence-electron chi connectivity index (χ4n) is 2.84. The van der Waals surface area contributed by atoms with Crippen LogP contribution in [-0.4, -0.2) is 5.91 Å². The lowest BCUT2D eigenvalue weighted by Gasteiger charge is -2.14. The maximum absolute atomic E-state index is 12.5. The Kier molecular flexibility index (Phi) is 5.07. The molecule has 0 unspecified atom stereocenters. The van der Waals surface area contributed by atoms with Crippen LogP contribution in [-0.2, 0) is 4.79 Å². The van der Waals surface area contributed by atoms with E-state index < -0.39 is 0 Å². The minimum Gasteiger partial charge on any atom is -0.325 e. The molecule has 3 aromatic rings. The van der Waals surface area contributed by atoms with Gasteiger partial charge >= 0.3 is 0 Å². The lowest BCUT2D eigenvalue weighted by atomic mass is 9.97. The molecule has 0 saturated carbocycles. The molecule has 0 bridgehead atoms. The van der Waals surface area contributed by atoms with Crippen molar-refractivity contribution in [1.82, 2.24) is 0 Å². The zero-order chi connectivity index (χ0) is 16.8. The monoisotopic (exact) mass is 315 g/mol. The van der Waals surface area contributed by atoms with Crippen molar-refractivity contribution in [2.75, 3.05) is 5.32 Å². The first-order chi connectivity index (χ1) is 11.7. The lowest BCUT2D eigenvalue weighted by Crippen LogP contribution is -2.15. The Hall–Kier alpha value is -2.87. The molecule has 2 nitrogen and oxygen atoms in total. The number of para-hydroxylation sites is 1. The van der Waals surface area contributed by atoms with Crippen molar-refractivity contribution in [3.63, 3.8) is 0 Å². The molecule has 1 amide bonds. The predicted octanol–water partition coefficient (Wildman–Crippen LogP) is 5.49. The summed E-state index contributed by atoms with van der Waals surface area (Å²) in [5.41, 5.74) is 4.18. The van der Waals surface area contributed by atoms with Crippen LogP contribution in [0.25, 0.3) is 11.1 Å². The molecule has 120 valence electrons. The van der Waals surface area contributed by atoms with Gasteiger partial charge in [-0.25, -0.2) is 0 Å². The minimum atomic E-state index is 0.0368. The van der Waals surface area contributed by atoms with Crippen LogP contribution in [0.3, 0.4) is 0 Å². The maximum Gasteiger partial charge on any atom is 0.224 e. The van der Waals surface area contributed by atoms with Crippen LogP contribution in [0.1, 0.15) is 24.8 Å². The molecule has 0 aliphatic carbocycles. The van der Waals surface area contributed by atoms with E-state index in [1.54, 1.807) is 0 Å². The van der Waals surface area contributed by atoms with Crippen molar-refractivity contribution in [2.24, 2.45) is 0 Å². The molecule has 0 spiro atoms. The molecule has 0 saturated heterocycles. The van der Waals surface area contributed by atoms with Crippen LogP contribution in [0.2, 0.25) is 0 Å². The highest BCUT2D eigenvalue weighted by Crippen LogP contribution is 2.28. The number of hydrogen-bond donors (Lipinski definition) is 1. The second-order valence-electron chi connectivity index (χ2n) is 5.98. The average molecular weight is 315 g/mol. The van der Waals surface area contributed by atoms with Gasteiger partial charge in [0.1, 0.15) is 0 Å². The van der Waals surface area contributed by atoms with Gasteiger partial charge in [0.25, 0.3) is 0 Å². The Morgan fingerprint density at radius 1 is 0.833 bits per heavy atom. The number of anilines is 1. The number of nitrogens with one attached hydrogen (secondary N) is 1. The van der Waals surface area contributed by atoms with Gasteiger partial charge in [-0.1, -0.05) is 85.8 Å². The zero-order valence-electron chi connectivity index (χ0n) is 13.8. The molecule has 2 heteroatoms. The van der Waals surface area contributed by atoms with Crippen LogP contribution in [0.15, 0.2) is 84.9 Å². The fraction of sp³-hybridized carbons (Fsp3) is 0.136. The molecule has 0 heterocycles. The molecule has 0 aliphatic heterocycles. The largest absolute Gasteiger partial charge is 0.325 e. The van der Waals surface area contributed by atoms with Crippen molar-refractivity contribution >= 4 is 11.6 Å². The maximum atomic E-state index is 12.5. The van der Waals surface area contributed by atoms with Gasteiger partial charge in [0, 0.05) is 17.7 Å². The fourth-order valence-corrected chi connectivity index (χ4v) is 2.84. The third-order valence-corrected chi connectivity index (χ3v) is 4.15. The third-order valence-electron chi connectivity index (χ3n) is 4.15. The van der Waals surface area contributed by atoms with E-state index >= 15 is 0 Å². The van der Waals surface area contributed by atoms with Crippen LogP contribution in [0, 0.1) is 0 Å². The molecular weight excluding hydrogens is 294 g/mol. The summed E-state index contributed by atoms with van der Waals surface area (Å²) in [6.45, 7) is 2.08. The van der Waals surface area contributed by atoms with E-state index in [0.29, 0.717) is 6.42 Å². The summed E-state index contributed by atoms with van der Waals surface area (Å²) < 4.78 is 0. The molecule has 24 heavy (non-hydrogen) atoms. The third kappa shape index (κ3) is 3.90. The molecule has 0 fully saturated rings. The van der Waals surface area contributed by atoms with Gasteiger partial charge in [-0.05, 0) is 23.1 Å². The summed E-state index contributed by atoms with van der Waals surface area (Å²) >= 11 is 0. The summed E-state index contributed by atoms with van der Waals surface area (Å²) in [6.07, 6.45) is 0.465. The van der Waals surface area contributed by atoms with E-state index in [0.717, 1.165) is 16.8 Å². The number of carbonyl (C=O) groups excluding carboxylic acids is 1. The molecule has 1 atom stereocenters. The first kappa shape index (κ1) is 16.0.